The van der Waals surface area contributed by atoms with Crippen LogP contribution < -0.4 is 5.32 Å². The molecule has 1 heterocycles. The molecule has 1 aromatic rings. The molecule has 142 valence electrons. The molecule has 0 bridgehead atoms. The quantitative estimate of drug-likeness (QED) is 0.814. The minimum Gasteiger partial charge on any atom is -0.356 e. The van der Waals surface area contributed by atoms with Gasteiger partial charge in [-0.1, -0.05) is 29.3 Å². The Morgan fingerprint density at radius 3 is 2.35 bits per heavy atom. The van der Waals surface area contributed by atoms with E-state index in [1.54, 1.807) is 6.07 Å². The molecule has 1 N–H and O–H groups in total. The molecule has 1 aliphatic heterocycles. The van der Waals surface area contributed by atoms with Crippen LogP contribution in [0, 0.1) is 11.8 Å². The van der Waals surface area contributed by atoms with Gasteiger partial charge >= 0.3 is 0 Å². The fourth-order valence-electron chi connectivity index (χ4n) is 3.99. The standard InChI is InChI=1S/C20H26Cl2N2O2/c21-17-8-7-14(18(22)13-17)9-10-23-19(25)15-3-5-16(6-4-15)20(26)24-11-1-2-12-24/h7-8,13,15-16H,1-6,9-12H2,(H,23,25). The van der Waals surface area contributed by atoms with Gasteiger partial charge in [-0.2, -0.15) is 0 Å². The summed E-state index contributed by atoms with van der Waals surface area (Å²) in [6.07, 6.45) is 6.20. The third-order valence-electron chi connectivity index (χ3n) is 5.57. The van der Waals surface area contributed by atoms with Crippen LogP contribution in [0.5, 0.6) is 0 Å². The molecular weight excluding hydrogens is 371 g/mol. The molecule has 0 spiro atoms. The highest BCUT2D eigenvalue weighted by atomic mass is 35.5. The number of hydrogen-bond donors (Lipinski definition) is 1. The maximum Gasteiger partial charge on any atom is 0.225 e. The molecule has 6 heteroatoms. The first-order valence-corrected chi connectivity index (χ1v) is 10.3. The topological polar surface area (TPSA) is 49.4 Å². The van der Waals surface area contributed by atoms with Crippen molar-refractivity contribution in [1.82, 2.24) is 10.2 Å². The van der Waals surface area contributed by atoms with Gasteiger partial charge in [0.05, 0.1) is 0 Å². The third kappa shape index (κ3) is 4.92. The SMILES string of the molecule is O=C(NCCc1ccc(Cl)cc1Cl)C1CCC(C(=O)N2CCCC2)CC1. The van der Waals surface area contributed by atoms with Crippen LogP contribution in [0.3, 0.4) is 0 Å². The van der Waals surface area contributed by atoms with E-state index in [1.165, 1.54) is 0 Å². The Morgan fingerprint density at radius 2 is 1.69 bits per heavy atom. The second kappa shape index (κ2) is 9.09. The van der Waals surface area contributed by atoms with Crippen LogP contribution in [-0.2, 0) is 16.0 Å². The van der Waals surface area contributed by atoms with Crippen LogP contribution in [0.25, 0.3) is 0 Å². The number of nitrogens with zero attached hydrogens (tertiary/aromatic N) is 1. The predicted octanol–water partition coefficient (Wildman–Crippen LogP) is 4.08. The van der Waals surface area contributed by atoms with Crippen molar-refractivity contribution < 1.29 is 9.59 Å². The van der Waals surface area contributed by atoms with E-state index in [9.17, 15) is 9.59 Å². The Hall–Kier alpha value is -1.26. The molecule has 4 nitrogen and oxygen atoms in total. The van der Waals surface area contributed by atoms with Crippen molar-refractivity contribution in [3.05, 3.63) is 33.8 Å². The summed E-state index contributed by atoms with van der Waals surface area (Å²) in [7, 11) is 0. The number of likely N-dealkylation sites (tertiary alicyclic amines) is 1. The molecule has 1 aliphatic carbocycles. The molecule has 0 aromatic heterocycles. The van der Waals surface area contributed by atoms with Crippen LogP contribution in [0.2, 0.25) is 10.0 Å². The Morgan fingerprint density at radius 1 is 1.04 bits per heavy atom. The number of carbonyl (C=O) groups is 2. The number of amides is 2. The van der Waals surface area contributed by atoms with Crippen molar-refractivity contribution in [3.63, 3.8) is 0 Å². The third-order valence-corrected chi connectivity index (χ3v) is 6.16. The lowest BCUT2D eigenvalue weighted by Crippen LogP contribution is -2.39. The van der Waals surface area contributed by atoms with E-state index in [2.05, 4.69) is 5.32 Å². The van der Waals surface area contributed by atoms with E-state index >= 15 is 0 Å². The van der Waals surface area contributed by atoms with Crippen LogP contribution in [0.15, 0.2) is 18.2 Å². The molecule has 3 rings (SSSR count). The zero-order valence-electron chi connectivity index (χ0n) is 15.0. The molecule has 2 amide bonds. The van der Waals surface area contributed by atoms with Crippen molar-refractivity contribution in [2.45, 2.75) is 44.9 Å². The second-order valence-electron chi connectivity index (χ2n) is 7.36. The molecule has 26 heavy (non-hydrogen) atoms. The first-order valence-electron chi connectivity index (χ1n) is 9.55. The maximum absolute atomic E-state index is 12.5. The average Bonchev–Trinajstić information content (AvgIpc) is 3.17. The zero-order valence-corrected chi connectivity index (χ0v) is 16.5. The number of carbonyl (C=O) groups excluding carboxylic acids is 2. The van der Waals surface area contributed by atoms with Gasteiger partial charge in [-0.15, -0.1) is 0 Å². The van der Waals surface area contributed by atoms with Gasteiger partial charge in [-0.25, -0.2) is 0 Å². The summed E-state index contributed by atoms with van der Waals surface area (Å²) in [6.45, 7) is 2.38. The molecule has 1 saturated heterocycles. The molecule has 0 unspecified atom stereocenters. The molecule has 1 aromatic carbocycles. The fraction of sp³-hybridized carbons (Fsp3) is 0.600. The van der Waals surface area contributed by atoms with Gasteiger partial charge in [0.25, 0.3) is 0 Å². The minimum atomic E-state index is 0.0262. The van der Waals surface area contributed by atoms with Gasteiger partial charge in [-0.05, 0) is 62.6 Å². The number of benzene rings is 1. The Balaban J connectivity index is 1.40. The molecule has 0 atom stereocenters. The Labute approximate surface area is 165 Å². The number of hydrogen-bond acceptors (Lipinski definition) is 2. The van der Waals surface area contributed by atoms with E-state index in [0.717, 1.165) is 57.2 Å². The summed E-state index contributed by atoms with van der Waals surface area (Å²) >= 11 is 12.1. The van der Waals surface area contributed by atoms with Gasteiger partial charge in [0.1, 0.15) is 0 Å². The van der Waals surface area contributed by atoms with Crippen LogP contribution in [0.4, 0.5) is 0 Å². The van der Waals surface area contributed by atoms with E-state index in [1.807, 2.05) is 17.0 Å². The summed E-state index contributed by atoms with van der Waals surface area (Å²) < 4.78 is 0. The molecule has 2 aliphatic rings. The van der Waals surface area contributed by atoms with Gasteiger partial charge < -0.3 is 10.2 Å². The lowest BCUT2D eigenvalue weighted by atomic mass is 9.81. The van der Waals surface area contributed by atoms with Crippen molar-refractivity contribution in [2.24, 2.45) is 11.8 Å². The molecule has 2 fully saturated rings. The Kier molecular flexibility index (Phi) is 6.82. The summed E-state index contributed by atoms with van der Waals surface area (Å²) in [6, 6.07) is 5.42. The van der Waals surface area contributed by atoms with E-state index < -0.39 is 0 Å². The smallest absolute Gasteiger partial charge is 0.225 e. The van der Waals surface area contributed by atoms with E-state index in [-0.39, 0.29) is 17.7 Å². The van der Waals surface area contributed by atoms with Gasteiger partial charge in [-0.3, -0.25) is 9.59 Å². The van der Waals surface area contributed by atoms with Gasteiger partial charge in [0, 0.05) is 41.5 Å². The van der Waals surface area contributed by atoms with Crippen molar-refractivity contribution in [3.8, 4) is 0 Å². The lowest BCUT2D eigenvalue weighted by molar-refractivity contribution is -0.137. The van der Waals surface area contributed by atoms with Crippen LogP contribution in [-0.4, -0.2) is 36.3 Å². The first kappa shape index (κ1) is 19.5. The number of rotatable bonds is 5. The normalized spacial score (nSPS) is 23.1. The molecule has 0 radical (unpaired) electrons. The van der Waals surface area contributed by atoms with Gasteiger partial charge in [0.2, 0.25) is 11.8 Å². The Bertz CT molecular complexity index is 651. The summed E-state index contributed by atoms with van der Waals surface area (Å²) in [5.41, 5.74) is 0.983. The summed E-state index contributed by atoms with van der Waals surface area (Å²) in [5.74, 6) is 0.546. The van der Waals surface area contributed by atoms with Crippen molar-refractivity contribution in [2.75, 3.05) is 19.6 Å². The monoisotopic (exact) mass is 396 g/mol. The van der Waals surface area contributed by atoms with E-state index in [0.29, 0.717) is 28.9 Å². The number of nitrogens with one attached hydrogen (secondary N) is 1. The van der Waals surface area contributed by atoms with Crippen molar-refractivity contribution >= 4 is 35.0 Å². The largest absolute Gasteiger partial charge is 0.356 e. The lowest BCUT2D eigenvalue weighted by Gasteiger charge is -2.29. The highest BCUT2D eigenvalue weighted by molar-refractivity contribution is 6.35. The first-order chi connectivity index (χ1) is 12.5. The van der Waals surface area contributed by atoms with Crippen LogP contribution >= 0.6 is 23.2 Å². The molecular formula is C20H26Cl2N2O2. The summed E-state index contributed by atoms with van der Waals surface area (Å²) in [5, 5.41) is 4.26. The zero-order chi connectivity index (χ0) is 18.5. The van der Waals surface area contributed by atoms with Crippen molar-refractivity contribution in [1.29, 1.82) is 0 Å². The predicted molar refractivity (Wildman–Crippen MR) is 104 cm³/mol. The average molecular weight is 397 g/mol. The van der Waals surface area contributed by atoms with Gasteiger partial charge in [0.15, 0.2) is 0 Å². The minimum absolute atomic E-state index is 0.0262. The fourth-order valence-corrected chi connectivity index (χ4v) is 4.49. The maximum atomic E-state index is 12.5. The molecule has 1 saturated carbocycles. The summed E-state index contributed by atoms with van der Waals surface area (Å²) in [4.78, 5) is 26.9. The highest BCUT2D eigenvalue weighted by Gasteiger charge is 2.32. The second-order valence-corrected chi connectivity index (χ2v) is 8.20. The van der Waals surface area contributed by atoms with E-state index in [4.69, 9.17) is 23.2 Å². The highest BCUT2D eigenvalue weighted by Crippen LogP contribution is 2.31. The van der Waals surface area contributed by atoms with Crippen LogP contribution in [0.1, 0.15) is 44.1 Å². The number of halogens is 2.